The second kappa shape index (κ2) is 11.8. The summed E-state index contributed by atoms with van der Waals surface area (Å²) in [5, 5.41) is 8.73. The van der Waals surface area contributed by atoms with Gasteiger partial charge in [-0.25, -0.2) is 4.98 Å². The van der Waals surface area contributed by atoms with Gasteiger partial charge >= 0.3 is 0 Å². The van der Waals surface area contributed by atoms with E-state index in [9.17, 15) is 9.59 Å². The Morgan fingerprint density at radius 2 is 1.72 bits per heavy atom. The number of rotatable bonds is 8. The van der Waals surface area contributed by atoms with Crippen LogP contribution in [0.1, 0.15) is 17.3 Å². The van der Waals surface area contributed by atoms with E-state index >= 15 is 0 Å². The largest absolute Gasteiger partial charge is 0.497 e. The fourth-order valence-corrected chi connectivity index (χ4v) is 5.27. The van der Waals surface area contributed by atoms with Gasteiger partial charge in [0.15, 0.2) is 5.13 Å². The molecule has 0 aliphatic heterocycles. The molecule has 4 aromatic rings. The number of ether oxygens (including phenoxy) is 1. The summed E-state index contributed by atoms with van der Waals surface area (Å²) in [6.45, 7) is 1.82. The molecule has 0 aliphatic carbocycles. The number of halogens is 2. The first-order chi connectivity index (χ1) is 17.3. The third-order valence-electron chi connectivity index (χ3n) is 5.09. The highest BCUT2D eigenvalue weighted by molar-refractivity contribution is 8.00. The van der Waals surface area contributed by atoms with E-state index in [1.807, 2.05) is 24.4 Å². The Hall–Kier alpha value is -3.04. The standard InChI is InChI=1S/C26H21Cl2N3O3S2/c1-15(24(32)31-26-30-23(14-35-26)21-12-5-17(27)13-22(21)28)36-20-10-6-18(7-11-20)29-25(33)16-3-8-19(34-2)9-4-16/h3-15H,1-2H3,(H,29,33)(H,30,31,32). The molecule has 10 heteroatoms. The van der Waals surface area contributed by atoms with E-state index in [0.717, 1.165) is 10.5 Å². The van der Waals surface area contributed by atoms with Crippen LogP contribution in [0, 0.1) is 0 Å². The quantitative estimate of drug-likeness (QED) is 0.219. The SMILES string of the molecule is COc1ccc(C(=O)Nc2ccc(SC(C)C(=O)Nc3nc(-c4ccc(Cl)cc4Cl)cs3)cc2)cc1. The number of nitrogens with zero attached hydrogens (tertiary/aromatic N) is 1. The topological polar surface area (TPSA) is 80.3 Å². The summed E-state index contributed by atoms with van der Waals surface area (Å²) in [6.07, 6.45) is 0. The minimum absolute atomic E-state index is 0.167. The molecule has 0 fully saturated rings. The van der Waals surface area contributed by atoms with Gasteiger partial charge in [0.05, 0.1) is 23.1 Å². The second-order valence-corrected chi connectivity index (χ2v) is 10.7. The van der Waals surface area contributed by atoms with Crippen LogP contribution in [-0.2, 0) is 4.79 Å². The molecule has 3 aromatic carbocycles. The number of thioether (sulfide) groups is 1. The van der Waals surface area contributed by atoms with E-state index < -0.39 is 0 Å². The molecule has 0 saturated carbocycles. The summed E-state index contributed by atoms with van der Waals surface area (Å²) in [6, 6.07) is 19.4. The number of aromatic nitrogens is 1. The first kappa shape index (κ1) is 26.0. The third kappa shape index (κ3) is 6.59. The van der Waals surface area contributed by atoms with E-state index in [-0.39, 0.29) is 17.1 Å². The third-order valence-corrected chi connectivity index (χ3v) is 7.51. The highest BCUT2D eigenvalue weighted by atomic mass is 35.5. The summed E-state index contributed by atoms with van der Waals surface area (Å²) in [7, 11) is 1.58. The van der Waals surface area contributed by atoms with Crippen molar-refractivity contribution < 1.29 is 14.3 Å². The monoisotopic (exact) mass is 557 g/mol. The zero-order valence-corrected chi connectivity index (χ0v) is 22.4. The number of anilines is 2. The van der Waals surface area contributed by atoms with Gasteiger partial charge in [-0.1, -0.05) is 23.2 Å². The number of methoxy groups -OCH3 is 1. The Morgan fingerprint density at radius 3 is 2.39 bits per heavy atom. The van der Waals surface area contributed by atoms with Gasteiger partial charge in [0.25, 0.3) is 5.91 Å². The van der Waals surface area contributed by atoms with Crippen molar-refractivity contribution in [2.75, 3.05) is 17.7 Å². The summed E-state index contributed by atoms with van der Waals surface area (Å²) in [5.74, 6) is 0.306. The fourth-order valence-electron chi connectivity index (χ4n) is 3.18. The van der Waals surface area contributed by atoms with E-state index in [1.165, 1.54) is 23.1 Å². The molecule has 0 aliphatic rings. The molecule has 6 nitrogen and oxygen atoms in total. The number of amides is 2. The maximum atomic E-state index is 12.7. The van der Waals surface area contributed by atoms with Crippen molar-refractivity contribution in [1.82, 2.24) is 4.98 Å². The maximum absolute atomic E-state index is 12.7. The van der Waals surface area contributed by atoms with Gasteiger partial charge in [-0.2, -0.15) is 0 Å². The lowest BCUT2D eigenvalue weighted by Crippen LogP contribution is -2.22. The highest BCUT2D eigenvalue weighted by Gasteiger charge is 2.17. The summed E-state index contributed by atoms with van der Waals surface area (Å²) in [5.41, 5.74) is 2.61. The molecule has 0 spiro atoms. The lowest BCUT2D eigenvalue weighted by atomic mass is 10.2. The van der Waals surface area contributed by atoms with Crippen molar-refractivity contribution in [3.05, 3.63) is 87.7 Å². The molecule has 1 heterocycles. The minimum Gasteiger partial charge on any atom is -0.497 e. The summed E-state index contributed by atoms with van der Waals surface area (Å²) < 4.78 is 5.11. The van der Waals surface area contributed by atoms with Crippen LogP contribution in [0.3, 0.4) is 0 Å². The summed E-state index contributed by atoms with van der Waals surface area (Å²) in [4.78, 5) is 30.5. The van der Waals surface area contributed by atoms with Crippen molar-refractivity contribution in [2.45, 2.75) is 17.1 Å². The molecular formula is C26H21Cl2N3O3S2. The van der Waals surface area contributed by atoms with E-state index in [0.29, 0.717) is 37.9 Å². The lowest BCUT2D eigenvalue weighted by molar-refractivity contribution is -0.115. The van der Waals surface area contributed by atoms with Crippen LogP contribution in [0.15, 0.2) is 77.0 Å². The molecular weight excluding hydrogens is 537 g/mol. The van der Waals surface area contributed by atoms with Crippen LogP contribution in [0.2, 0.25) is 10.0 Å². The van der Waals surface area contributed by atoms with Crippen LogP contribution >= 0.6 is 46.3 Å². The number of carbonyl (C=O) groups is 2. The molecule has 1 aromatic heterocycles. The predicted molar refractivity (Wildman–Crippen MR) is 149 cm³/mol. The van der Waals surface area contributed by atoms with Gasteiger partial charge < -0.3 is 15.4 Å². The Bertz CT molecular complexity index is 1380. The van der Waals surface area contributed by atoms with Gasteiger partial charge in [-0.15, -0.1) is 23.1 Å². The van der Waals surface area contributed by atoms with Crippen LogP contribution in [0.5, 0.6) is 5.75 Å². The first-order valence-electron chi connectivity index (χ1n) is 10.8. The molecule has 4 rings (SSSR count). The normalized spacial score (nSPS) is 11.6. The lowest BCUT2D eigenvalue weighted by Gasteiger charge is -2.11. The van der Waals surface area contributed by atoms with E-state index in [4.69, 9.17) is 27.9 Å². The molecule has 2 N–H and O–H groups in total. The molecule has 1 unspecified atom stereocenters. The zero-order valence-electron chi connectivity index (χ0n) is 19.2. The molecule has 0 radical (unpaired) electrons. The number of benzene rings is 3. The number of thiazole rings is 1. The number of carbonyl (C=O) groups excluding carboxylic acids is 2. The van der Waals surface area contributed by atoms with Crippen molar-refractivity contribution in [1.29, 1.82) is 0 Å². The van der Waals surface area contributed by atoms with Crippen LogP contribution in [-0.4, -0.2) is 29.2 Å². The number of nitrogens with one attached hydrogen (secondary N) is 2. The van der Waals surface area contributed by atoms with Crippen LogP contribution in [0.4, 0.5) is 10.8 Å². The van der Waals surface area contributed by atoms with Gasteiger partial charge in [0.1, 0.15) is 5.75 Å². The Balaban J connectivity index is 1.32. The predicted octanol–water partition coefficient (Wildman–Crippen LogP) is 7.50. The Morgan fingerprint density at radius 1 is 1.00 bits per heavy atom. The molecule has 36 heavy (non-hydrogen) atoms. The summed E-state index contributed by atoms with van der Waals surface area (Å²) >= 11 is 15.0. The van der Waals surface area contributed by atoms with Crippen molar-refractivity contribution in [3.63, 3.8) is 0 Å². The Kier molecular flexibility index (Phi) is 8.53. The van der Waals surface area contributed by atoms with Gasteiger partial charge in [0, 0.05) is 32.1 Å². The van der Waals surface area contributed by atoms with E-state index in [1.54, 1.807) is 61.7 Å². The average molecular weight is 559 g/mol. The first-order valence-corrected chi connectivity index (χ1v) is 13.3. The fraction of sp³-hybridized carbons (Fsp3) is 0.115. The zero-order chi connectivity index (χ0) is 25.7. The minimum atomic E-state index is -0.365. The average Bonchev–Trinajstić information content (AvgIpc) is 3.33. The molecule has 184 valence electrons. The molecule has 2 amide bonds. The number of hydrogen-bond donors (Lipinski definition) is 2. The smallest absolute Gasteiger partial charge is 0.255 e. The van der Waals surface area contributed by atoms with Crippen LogP contribution in [0.25, 0.3) is 11.3 Å². The molecule has 1 atom stereocenters. The van der Waals surface area contributed by atoms with Gasteiger partial charge in [-0.3, -0.25) is 9.59 Å². The van der Waals surface area contributed by atoms with Crippen molar-refractivity contribution >= 4 is 68.9 Å². The Labute approximate surface area is 227 Å². The van der Waals surface area contributed by atoms with Crippen molar-refractivity contribution in [3.8, 4) is 17.0 Å². The van der Waals surface area contributed by atoms with Gasteiger partial charge in [0.2, 0.25) is 5.91 Å². The molecule has 0 saturated heterocycles. The van der Waals surface area contributed by atoms with E-state index in [2.05, 4.69) is 15.6 Å². The highest BCUT2D eigenvalue weighted by Crippen LogP contribution is 2.33. The van der Waals surface area contributed by atoms with Crippen LogP contribution < -0.4 is 15.4 Å². The van der Waals surface area contributed by atoms with Crippen molar-refractivity contribution in [2.24, 2.45) is 0 Å². The maximum Gasteiger partial charge on any atom is 0.255 e. The number of hydrogen-bond acceptors (Lipinski definition) is 6. The molecule has 0 bridgehead atoms. The van der Waals surface area contributed by atoms with Gasteiger partial charge in [-0.05, 0) is 73.7 Å². The second-order valence-electron chi connectivity index (χ2n) is 7.62.